The maximum Gasteiger partial charge on any atom is 0.273 e. The van der Waals surface area contributed by atoms with Crippen molar-refractivity contribution in [3.63, 3.8) is 0 Å². The summed E-state index contributed by atoms with van der Waals surface area (Å²) < 4.78 is 1.43. The maximum absolute atomic E-state index is 11.7. The van der Waals surface area contributed by atoms with Crippen LogP contribution in [0.2, 0.25) is 10.2 Å². The van der Waals surface area contributed by atoms with Crippen LogP contribution >= 0.6 is 23.2 Å². The van der Waals surface area contributed by atoms with Crippen LogP contribution in [-0.4, -0.2) is 14.5 Å². The van der Waals surface area contributed by atoms with E-state index in [1.54, 1.807) is 12.4 Å². The van der Waals surface area contributed by atoms with Gasteiger partial charge in [0.05, 0.1) is 6.33 Å². The normalized spacial score (nSPS) is 10.5. The Balaban J connectivity index is 2.16. The Bertz CT molecular complexity index is 569. The van der Waals surface area contributed by atoms with Gasteiger partial charge in [0, 0.05) is 18.9 Å². The first-order chi connectivity index (χ1) is 8.18. The van der Waals surface area contributed by atoms with Gasteiger partial charge < -0.3 is 0 Å². The first-order valence-electron chi connectivity index (χ1n) is 4.98. The van der Waals surface area contributed by atoms with Gasteiger partial charge >= 0.3 is 0 Å². The summed E-state index contributed by atoms with van der Waals surface area (Å²) >= 11 is 11.4. The molecule has 88 valence electrons. The number of hydrogen-bond donors (Lipinski definition) is 0. The lowest BCUT2D eigenvalue weighted by molar-refractivity contribution is 0.654. The summed E-state index contributed by atoms with van der Waals surface area (Å²) in [6.45, 7) is 0.494. The zero-order valence-corrected chi connectivity index (χ0v) is 10.3. The van der Waals surface area contributed by atoms with E-state index in [4.69, 9.17) is 23.2 Å². The molecule has 0 bridgehead atoms. The highest BCUT2D eigenvalue weighted by molar-refractivity contribution is 6.40. The van der Waals surface area contributed by atoms with E-state index in [9.17, 15) is 4.79 Å². The van der Waals surface area contributed by atoms with Gasteiger partial charge in [0.2, 0.25) is 0 Å². The van der Waals surface area contributed by atoms with E-state index in [1.165, 1.54) is 10.9 Å². The van der Waals surface area contributed by atoms with Crippen LogP contribution in [0.15, 0.2) is 35.6 Å². The Labute approximate surface area is 108 Å². The second-order valence-corrected chi connectivity index (χ2v) is 4.20. The van der Waals surface area contributed by atoms with Crippen LogP contribution in [0.4, 0.5) is 0 Å². The molecule has 0 aliphatic heterocycles. The summed E-state index contributed by atoms with van der Waals surface area (Å²) in [7, 11) is 0. The lowest BCUT2D eigenvalue weighted by atomic mass is 10.2. The van der Waals surface area contributed by atoms with Crippen LogP contribution in [0.1, 0.15) is 5.56 Å². The van der Waals surface area contributed by atoms with E-state index in [0.29, 0.717) is 13.0 Å². The highest BCUT2D eigenvalue weighted by atomic mass is 35.5. The monoisotopic (exact) mass is 269 g/mol. The van der Waals surface area contributed by atoms with Gasteiger partial charge in [-0.15, -0.1) is 0 Å². The molecule has 0 saturated heterocycles. The molecular formula is C11H9Cl2N3O. The molecule has 6 heteroatoms. The van der Waals surface area contributed by atoms with Gasteiger partial charge in [-0.2, -0.15) is 0 Å². The average molecular weight is 270 g/mol. The third-order valence-corrected chi connectivity index (χ3v) is 3.03. The Morgan fingerprint density at radius 2 is 2.18 bits per heavy atom. The molecule has 17 heavy (non-hydrogen) atoms. The summed E-state index contributed by atoms with van der Waals surface area (Å²) in [5.74, 6) is 0. The fourth-order valence-corrected chi connectivity index (χ4v) is 1.68. The number of halogens is 2. The molecule has 2 aromatic rings. The largest absolute Gasteiger partial charge is 0.298 e. The molecule has 2 aromatic heterocycles. The van der Waals surface area contributed by atoms with Crippen LogP contribution in [0.3, 0.4) is 0 Å². The van der Waals surface area contributed by atoms with E-state index < -0.39 is 0 Å². The minimum atomic E-state index is -0.324. The number of nitrogens with zero attached hydrogens (tertiary/aromatic N) is 3. The van der Waals surface area contributed by atoms with Crippen molar-refractivity contribution >= 4 is 23.2 Å². The van der Waals surface area contributed by atoms with Crippen LogP contribution in [0.25, 0.3) is 0 Å². The van der Waals surface area contributed by atoms with Gasteiger partial charge in [-0.05, 0) is 18.1 Å². The lowest BCUT2D eigenvalue weighted by Crippen LogP contribution is -2.22. The van der Waals surface area contributed by atoms with Gasteiger partial charge in [0.15, 0.2) is 5.15 Å². The molecule has 0 aromatic carbocycles. The molecule has 0 radical (unpaired) electrons. The predicted molar refractivity (Wildman–Crippen MR) is 66.5 cm³/mol. The fourth-order valence-electron chi connectivity index (χ4n) is 1.40. The predicted octanol–water partition coefficient (Wildman–Crippen LogP) is 2.19. The van der Waals surface area contributed by atoms with Crippen molar-refractivity contribution in [2.45, 2.75) is 13.0 Å². The number of rotatable bonds is 3. The second-order valence-electron chi connectivity index (χ2n) is 3.46. The average Bonchev–Trinajstić information content (AvgIpc) is 2.36. The Morgan fingerprint density at radius 1 is 1.35 bits per heavy atom. The molecule has 0 atom stereocenters. The van der Waals surface area contributed by atoms with Crippen molar-refractivity contribution in [2.24, 2.45) is 0 Å². The van der Waals surface area contributed by atoms with Crippen molar-refractivity contribution < 1.29 is 0 Å². The van der Waals surface area contributed by atoms with E-state index in [2.05, 4.69) is 9.97 Å². The molecule has 0 spiro atoms. The summed E-state index contributed by atoms with van der Waals surface area (Å²) in [5, 5.41) is -0.00496. The van der Waals surface area contributed by atoms with Crippen molar-refractivity contribution in [1.82, 2.24) is 14.5 Å². The van der Waals surface area contributed by atoms with Gasteiger partial charge in [-0.1, -0.05) is 29.3 Å². The second kappa shape index (κ2) is 5.29. The van der Waals surface area contributed by atoms with Crippen LogP contribution in [0.5, 0.6) is 0 Å². The topological polar surface area (TPSA) is 47.8 Å². The minimum absolute atomic E-state index is 0.0364. The quantitative estimate of drug-likeness (QED) is 0.803. The zero-order chi connectivity index (χ0) is 12.3. The third kappa shape index (κ3) is 2.84. The van der Waals surface area contributed by atoms with E-state index in [1.807, 2.05) is 12.1 Å². The van der Waals surface area contributed by atoms with Crippen LogP contribution in [0, 0.1) is 0 Å². The Kier molecular flexibility index (Phi) is 3.76. The number of aryl methyl sites for hydroxylation is 2. The minimum Gasteiger partial charge on any atom is -0.298 e. The summed E-state index contributed by atoms with van der Waals surface area (Å²) in [5.41, 5.74) is 0.723. The highest BCUT2D eigenvalue weighted by Gasteiger charge is 2.07. The van der Waals surface area contributed by atoms with Crippen molar-refractivity contribution in [3.8, 4) is 0 Å². The zero-order valence-electron chi connectivity index (χ0n) is 8.81. The summed E-state index contributed by atoms with van der Waals surface area (Å²) in [6.07, 6.45) is 5.55. The summed E-state index contributed by atoms with van der Waals surface area (Å²) in [6, 6.07) is 3.80. The molecule has 2 heterocycles. The summed E-state index contributed by atoms with van der Waals surface area (Å²) in [4.78, 5) is 19.5. The first-order valence-corrected chi connectivity index (χ1v) is 5.73. The van der Waals surface area contributed by atoms with Crippen molar-refractivity contribution in [3.05, 3.63) is 56.9 Å². The van der Waals surface area contributed by atoms with E-state index in [-0.39, 0.29) is 15.7 Å². The third-order valence-electron chi connectivity index (χ3n) is 2.30. The van der Waals surface area contributed by atoms with Gasteiger partial charge in [0.25, 0.3) is 5.56 Å². The number of pyridine rings is 1. The molecule has 0 amide bonds. The lowest BCUT2D eigenvalue weighted by Gasteiger charge is -2.05. The van der Waals surface area contributed by atoms with E-state index in [0.717, 1.165) is 5.56 Å². The molecular weight excluding hydrogens is 261 g/mol. The molecule has 0 saturated carbocycles. The molecule has 4 nitrogen and oxygen atoms in total. The Hall–Kier alpha value is -1.39. The molecule has 0 aliphatic rings. The van der Waals surface area contributed by atoms with Crippen LogP contribution < -0.4 is 5.56 Å². The standard InChI is InChI=1S/C11H9Cl2N3O/c12-9-10(13)15-7-16(11(9)17)5-3-8-2-1-4-14-6-8/h1-2,4,6-7H,3,5H2. The number of hydrogen-bond acceptors (Lipinski definition) is 3. The fraction of sp³-hybridized carbons (Fsp3) is 0.182. The van der Waals surface area contributed by atoms with Crippen molar-refractivity contribution in [2.75, 3.05) is 0 Å². The molecule has 0 N–H and O–H groups in total. The Morgan fingerprint density at radius 3 is 2.88 bits per heavy atom. The van der Waals surface area contributed by atoms with Crippen LogP contribution in [-0.2, 0) is 13.0 Å². The maximum atomic E-state index is 11.7. The van der Waals surface area contributed by atoms with Crippen molar-refractivity contribution in [1.29, 1.82) is 0 Å². The molecule has 0 aliphatic carbocycles. The van der Waals surface area contributed by atoms with Gasteiger partial charge in [0.1, 0.15) is 5.02 Å². The SMILES string of the molecule is O=c1c(Cl)c(Cl)ncn1CCc1cccnc1. The molecule has 0 unspecified atom stereocenters. The molecule has 2 rings (SSSR count). The molecule has 0 fully saturated rings. The first kappa shape index (κ1) is 12.1. The van der Waals surface area contributed by atoms with Gasteiger partial charge in [-0.3, -0.25) is 14.3 Å². The van der Waals surface area contributed by atoms with Gasteiger partial charge in [-0.25, -0.2) is 4.98 Å². The number of aromatic nitrogens is 3. The van der Waals surface area contributed by atoms with E-state index >= 15 is 0 Å². The highest BCUT2D eigenvalue weighted by Crippen LogP contribution is 2.12. The smallest absolute Gasteiger partial charge is 0.273 e.